The van der Waals surface area contributed by atoms with E-state index in [-0.39, 0.29) is 11.8 Å². The molecule has 4 N–H and O–H groups in total. The fourth-order valence-electron chi connectivity index (χ4n) is 4.29. The van der Waals surface area contributed by atoms with E-state index in [9.17, 15) is 9.59 Å². The van der Waals surface area contributed by atoms with Crippen LogP contribution in [0, 0.1) is 0 Å². The topological polar surface area (TPSA) is 100 Å². The molecule has 0 radical (unpaired) electrons. The van der Waals surface area contributed by atoms with Gasteiger partial charge in [-0.15, -0.1) is 22.7 Å². The molecule has 9 heteroatoms. The zero-order valence-corrected chi connectivity index (χ0v) is 20.6. The third-order valence-electron chi connectivity index (χ3n) is 6.21. The number of primary amides is 1. The number of thiophene rings is 1. The number of nitrogens with zero attached hydrogens (tertiary/aromatic N) is 2. The van der Waals surface area contributed by atoms with Crippen molar-refractivity contribution in [3.8, 4) is 9.88 Å². The molecule has 5 rings (SSSR count). The minimum absolute atomic E-state index is 0.245. The van der Waals surface area contributed by atoms with Gasteiger partial charge < -0.3 is 21.3 Å². The Bertz CT molecular complexity index is 1310. The number of benzene rings is 2. The van der Waals surface area contributed by atoms with Crippen LogP contribution in [-0.2, 0) is 4.79 Å². The van der Waals surface area contributed by atoms with E-state index in [1.807, 2.05) is 72.1 Å². The van der Waals surface area contributed by atoms with Gasteiger partial charge in [-0.1, -0.05) is 36.4 Å². The average molecular weight is 504 g/mol. The Morgan fingerprint density at radius 3 is 2.40 bits per heavy atom. The fraction of sp³-hybridized carbons (Fsp3) is 0.192. The quantitative estimate of drug-likeness (QED) is 0.327. The molecule has 3 heterocycles. The minimum atomic E-state index is -0.811. The second kappa shape index (κ2) is 9.89. The molecule has 2 aromatic carbocycles. The van der Waals surface area contributed by atoms with Gasteiger partial charge in [-0.3, -0.25) is 9.59 Å². The van der Waals surface area contributed by atoms with Crippen molar-refractivity contribution < 1.29 is 9.59 Å². The molecule has 2 aromatic heterocycles. The highest BCUT2D eigenvalue weighted by atomic mass is 32.1. The fourth-order valence-corrected chi connectivity index (χ4v) is 5.91. The van der Waals surface area contributed by atoms with Crippen molar-refractivity contribution in [3.05, 3.63) is 83.2 Å². The summed E-state index contributed by atoms with van der Waals surface area (Å²) in [5.74, 6) is -0.599. The second-order valence-electron chi connectivity index (χ2n) is 8.41. The number of hydrogen-bond acceptors (Lipinski definition) is 7. The molecule has 35 heavy (non-hydrogen) atoms. The van der Waals surface area contributed by atoms with Gasteiger partial charge in [0.2, 0.25) is 5.91 Å². The summed E-state index contributed by atoms with van der Waals surface area (Å²) < 4.78 is 0. The first kappa shape index (κ1) is 23.1. The van der Waals surface area contributed by atoms with E-state index in [2.05, 4.69) is 20.5 Å². The minimum Gasteiger partial charge on any atom is -0.371 e. The zero-order valence-electron chi connectivity index (χ0n) is 18.9. The molecule has 1 saturated heterocycles. The van der Waals surface area contributed by atoms with Crippen LogP contribution < -0.4 is 21.3 Å². The van der Waals surface area contributed by atoms with Crippen molar-refractivity contribution in [2.45, 2.75) is 18.4 Å². The number of nitrogens with two attached hydrogens (primary N) is 1. The Morgan fingerprint density at radius 2 is 1.69 bits per heavy atom. The van der Waals surface area contributed by atoms with Gasteiger partial charge in [0, 0.05) is 24.2 Å². The van der Waals surface area contributed by atoms with E-state index >= 15 is 0 Å². The first-order valence-electron chi connectivity index (χ1n) is 11.3. The largest absolute Gasteiger partial charge is 0.371 e. The summed E-state index contributed by atoms with van der Waals surface area (Å²) in [6.07, 6.45) is 1.10. The highest BCUT2D eigenvalue weighted by Crippen LogP contribution is 2.34. The summed E-state index contributed by atoms with van der Waals surface area (Å²) in [4.78, 5) is 33.2. The van der Waals surface area contributed by atoms with Crippen LogP contribution in [0.3, 0.4) is 0 Å². The Kier molecular flexibility index (Phi) is 6.52. The number of carbonyl (C=O) groups excluding carboxylic acids is 2. The van der Waals surface area contributed by atoms with Gasteiger partial charge in [0.1, 0.15) is 16.2 Å². The van der Waals surface area contributed by atoms with Crippen molar-refractivity contribution in [2.24, 2.45) is 5.73 Å². The third kappa shape index (κ3) is 4.91. The highest BCUT2D eigenvalue weighted by molar-refractivity contribution is 7.20. The molecule has 0 unspecified atom stereocenters. The van der Waals surface area contributed by atoms with E-state index in [0.29, 0.717) is 37.3 Å². The lowest BCUT2D eigenvalue weighted by atomic mass is 9.86. The molecular weight excluding hydrogens is 478 g/mol. The average Bonchev–Trinajstić information content (AvgIpc) is 3.58. The molecule has 1 fully saturated rings. The van der Waals surface area contributed by atoms with Crippen LogP contribution in [0.15, 0.2) is 77.5 Å². The summed E-state index contributed by atoms with van der Waals surface area (Å²) >= 11 is 3.06. The second-order valence-corrected chi connectivity index (χ2v) is 10.2. The summed E-state index contributed by atoms with van der Waals surface area (Å²) in [7, 11) is 0. The normalized spacial score (nSPS) is 14.9. The van der Waals surface area contributed by atoms with Crippen molar-refractivity contribution >= 4 is 51.6 Å². The number of thiazole rings is 1. The van der Waals surface area contributed by atoms with Gasteiger partial charge in [-0.2, -0.15) is 0 Å². The van der Waals surface area contributed by atoms with Gasteiger partial charge in [-0.25, -0.2) is 4.98 Å². The van der Waals surface area contributed by atoms with Gasteiger partial charge >= 0.3 is 0 Å². The number of hydrogen-bond donors (Lipinski definition) is 3. The zero-order chi connectivity index (χ0) is 24.3. The molecule has 0 saturated carbocycles. The lowest BCUT2D eigenvalue weighted by Gasteiger charge is -2.42. The predicted molar refractivity (Wildman–Crippen MR) is 143 cm³/mol. The number of carbonyl (C=O) groups is 2. The van der Waals surface area contributed by atoms with E-state index in [4.69, 9.17) is 5.73 Å². The number of rotatable bonds is 7. The molecule has 0 atom stereocenters. The first-order chi connectivity index (χ1) is 17.0. The van der Waals surface area contributed by atoms with Gasteiger partial charge in [0.15, 0.2) is 0 Å². The smallest absolute Gasteiger partial charge is 0.275 e. The summed E-state index contributed by atoms with van der Waals surface area (Å²) in [6.45, 7) is 1.24. The molecule has 4 aromatic rings. The number of amides is 2. The van der Waals surface area contributed by atoms with Gasteiger partial charge in [0.05, 0.1) is 16.3 Å². The molecule has 0 spiro atoms. The van der Waals surface area contributed by atoms with Crippen LogP contribution >= 0.6 is 22.7 Å². The Morgan fingerprint density at radius 1 is 0.943 bits per heavy atom. The maximum absolute atomic E-state index is 13.0. The van der Waals surface area contributed by atoms with Gasteiger partial charge in [0.25, 0.3) is 5.91 Å². The van der Waals surface area contributed by atoms with Crippen LogP contribution in [0.1, 0.15) is 23.3 Å². The molecule has 7 nitrogen and oxygen atoms in total. The van der Waals surface area contributed by atoms with Crippen molar-refractivity contribution in [2.75, 3.05) is 28.6 Å². The summed E-state index contributed by atoms with van der Waals surface area (Å²) in [6, 6.07) is 21.3. The first-order valence-corrected chi connectivity index (χ1v) is 13.1. The third-order valence-corrected chi connectivity index (χ3v) is 8.09. The van der Waals surface area contributed by atoms with E-state index in [1.54, 1.807) is 16.7 Å². The maximum atomic E-state index is 13.0. The van der Waals surface area contributed by atoms with Crippen LogP contribution in [0.5, 0.6) is 0 Å². The van der Waals surface area contributed by atoms with Crippen molar-refractivity contribution in [3.63, 3.8) is 0 Å². The Labute approximate surface area is 211 Å². The van der Waals surface area contributed by atoms with E-state index in [0.717, 1.165) is 21.3 Å². The summed E-state index contributed by atoms with van der Waals surface area (Å²) in [5.41, 5.74) is 7.93. The molecule has 178 valence electrons. The highest BCUT2D eigenvalue weighted by Gasteiger charge is 2.40. The molecule has 2 amide bonds. The Hall–Kier alpha value is -3.69. The van der Waals surface area contributed by atoms with Crippen molar-refractivity contribution in [1.82, 2.24) is 4.98 Å². The maximum Gasteiger partial charge on any atom is 0.275 e. The van der Waals surface area contributed by atoms with E-state index in [1.165, 1.54) is 11.3 Å². The number of piperidine rings is 1. The SMILES string of the molecule is NC(=O)C1(Nc2ccccc2)CCN(c2ccccc2NC(=O)c2csc(-c3cccs3)n2)CC1. The van der Waals surface area contributed by atoms with Crippen LogP contribution in [0.4, 0.5) is 17.1 Å². The Balaban J connectivity index is 1.30. The molecular formula is C26H25N5O2S2. The molecule has 1 aliphatic rings. The number of aromatic nitrogens is 1. The van der Waals surface area contributed by atoms with E-state index < -0.39 is 5.54 Å². The number of anilines is 3. The predicted octanol–water partition coefficient (Wildman–Crippen LogP) is 5.06. The molecule has 0 bridgehead atoms. The van der Waals surface area contributed by atoms with Crippen LogP contribution in [0.25, 0.3) is 9.88 Å². The monoisotopic (exact) mass is 503 g/mol. The van der Waals surface area contributed by atoms with Gasteiger partial charge in [-0.05, 0) is 48.6 Å². The van der Waals surface area contributed by atoms with Crippen molar-refractivity contribution in [1.29, 1.82) is 0 Å². The van der Waals surface area contributed by atoms with Crippen LogP contribution in [0.2, 0.25) is 0 Å². The summed E-state index contributed by atoms with van der Waals surface area (Å²) in [5, 5.41) is 11.0. The lowest BCUT2D eigenvalue weighted by molar-refractivity contribution is -0.122. The lowest BCUT2D eigenvalue weighted by Crippen LogP contribution is -2.57. The molecule has 1 aliphatic heterocycles. The number of nitrogens with one attached hydrogen (secondary N) is 2. The molecule has 0 aliphatic carbocycles. The standard InChI is InChI=1S/C26H25N5O2S2/c27-25(33)26(30-18-7-2-1-3-8-18)12-14-31(15-13-26)21-10-5-4-9-19(21)28-23(32)20-17-35-24(29-20)22-11-6-16-34-22/h1-11,16-17,30H,12-15H2,(H2,27,33)(H,28,32). The number of para-hydroxylation sites is 3. The van der Waals surface area contributed by atoms with Crippen LogP contribution in [-0.4, -0.2) is 35.4 Å².